The average molecular weight is 393 g/mol. The van der Waals surface area contributed by atoms with Gasteiger partial charge in [-0.1, -0.05) is 11.6 Å². The number of halogens is 4. The number of pyridine rings is 1. The second-order valence-electron chi connectivity index (χ2n) is 5.32. The predicted molar refractivity (Wildman–Crippen MR) is 85.6 cm³/mol. The molecule has 2 rings (SSSR count). The van der Waals surface area contributed by atoms with Gasteiger partial charge in [0.1, 0.15) is 10.7 Å². The van der Waals surface area contributed by atoms with Crippen LogP contribution in [-0.2, 0) is 12.7 Å². The van der Waals surface area contributed by atoms with E-state index in [2.05, 4.69) is 10.4 Å². The average Bonchev–Trinajstić information content (AvgIpc) is 2.49. The summed E-state index contributed by atoms with van der Waals surface area (Å²) < 4.78 is 40.0. The fraction of sp³-hybridized carbons (Fsp3) is 0.286. The van der Waals surface area contributed by atoms with Gasteiger partial charge in [-0.15, -0.1) is 0 Å². The third-order valence-electron chi connectivity index (χ3n) is 3.35. The molecule has 0 aromatic carbocycles. The number of nitrogens with one attached hydrogen (secondary N) is 2. The Kier molecular flexibility index (Phi) is 5.40. The first-order valence-electron chi connectivity index (χ1n) is 7.06. The van der Waals surface area contributed by atoms with Crippen molar-refractivity contribution in [1.29, 1.82) is 0 Å². The predicted octanol–water partition coefficient (Wildman–Crippen LogP) is 1.80. The largest absolute Gasteiger partial charge is 0.478 e. The molecule has 0 fully saturated rings. The van der Waals surface area contributed by atoms with Crippen LogP contribution in [0.2, 0.25) is 5.15 Å². The smallest absolute Gasteiger partial charge is 0.423 e. The van der Waals surface area contributed by atoms with E-state index in [-0.39, 0.29) is 17.3 Å². The number of hydrogen-bond donors (Lipinski definition) is 3. The number of carboxylic acids is 1. The monoisotopic (exact) mass is 392 g/mol. The third-order valence-corrected chi connectivity index (χ3v) is 3.75. The van der Waals surface area contributed by atoms with Crippen LogP contribution in [0.1, 0.15) is 22.8 Å². The van der Waals surface area contributed by atoms with E-state index in [1.54, 1.807) is 5.10 Å². The summed E-state index contributed by atoms with van der Waals surface area (Å²) in [4.78, 5) is 34.4. The molecule has 0 aliphatic carbocycles. The van der Waals surface area contributed by atoms with Crippen molar-refractivity contribution in [2.45, 2.75) is 25.7 Å². The summed E-state index contributed by atoms with van der Waals surface area (Å²) in [5, 5.41) is 16.1. The molecule has 0 saturated carbocycles. The molecular weight excluding hydrogens is 381 g/mol. The zero-order valence-electron chi connectivity index (χ0n) is 13.1. The van der Waals surface area contributed by atoms with Crippen molar-refractivity contribution in [2.24, 2.45) is 0 Å². The Labute approximate surface area is 148 Å². The summed E-state index contributed by atoms with van der Waals surface area (Å²) in [6, 6.07) is 1.20. The van der Waals surface area contributed by atoms with Crippen molar-refractivity contribution in [1.82, 2.24) is 14.8 Å². The molecule has 0 spiro atoms. The zero-order valence-corrected chi connectivity index (χ0v) is 13.9. The number of anilines is 1. The van der Waals surface area contributed by atoms with Crippen LogP contribution in [-0.4, -0.2) is 31.9 Å². The van der Waals surface area contributed by atoms with E-state index in [0.29, 0.717) is 0 Å². The van der Waals surface area contributed by atoms with E-state index in [0.717, 1.165) is 22.9 Å². The highest BCUT2D eigenvalue weighted by atomic mass is 35.5. The SMILES string of the molecule is C[C@@H](Cn1c(Cl)c(C(=O)O)ccc1=O)Nc1cn[nH]c(=O)c1C(F)(F)F. The molecule has 8 nitrogen and oxygen atoms in total. The number of aromatic nitrogens is 3. The number of alkyl halides is 3. The lowest BCUT2D eigenvalue weighted by atomic mass is 10.2. The molecule has 2 heterocycles. The van der Waals surface area contributed by atoms with Crippen LogP contribution in [0.5, 0.6) is 0 Å². The lowest BCUT2D eigenvalue weighted by Crippen LogP contribution is -2.32. The zero-order chi connectivity index (χ0) is 19.6. The Morgan fingerprint density at radius 2 is 2.08 bits per heavy atom. The molecule has 140 valence electrons. The maximum Gasteiger partial charge on any atom is 0.423 e. The molecule has 2 aromatic rings. The third kappa shape index (κ3) is 4.04. The quantitative estimate of drug-likeness (QED) is 0.668. The van der Waals surface area contributed by atoms with E-state index in [1.165, 1.54) is 6.92 Å². The summed E-state index contributed by atoms with van der Waals surface area (Å²) in [6.07, 6.45) is -4.13. The molecule has 1 atom stereocenters. The fourth-order valence-corrected chi connectivity index (χ4v) is 2.56. The second-order valence-corrected chi connectivity index (χ2v) is 5.68. The van der Waals surface area contributed by atoms with Crippen molar-refractivity contribution < 1.29 is 23.1 Å². The van der Waals surface area contributed by atoms with Crippen molar-refractivity contribution >= 4 is 23.3 Å². The highest BCUT2D eigenvalue weighted by molar-refractivity contribution is 6.32. The summed E-state index contributed by atoms with van der Waals surface area (Å²) >= 11 is 5.89. The van der Waals surface area contributed by atoms with Gasteiger partial charge in [-0.3, -0.25) is 14.2 Å². The topological polar surface area (TPSA) is 117 Å². The standard InChI is InChI=1S/C14H12ClF3N4O4/c1-6(5-22-9(23)3-2-7(11(22)15)13(25)26)20-8-4-19-21-12(24)10(8)14(16,17)18/h2-4,6H,5H2,1H3,(H,25,26)(H2,20,21,24)/t6-/m0/s1. The van der Waals surface area contributed by atoms with Crippen molar-refractivity contribution in [2.75, 3.05) is 5.32 Å². The van der Waals surface area contributed by atoms with Gasteiger partial charge in [0.2, 0.25) is 0 Å². The van der Waals surface area contributed by atoms with Crippen LogP contribution in [0.4, 0.5) is 18.9 Å². The molecule has 0 saturated heterocycles. The minimum Gasteiger partial charge on any atom is -0.478 e. The lowest BCUT2D eigenvalue weighted by molar-refractivity contribution is -0.138. The number of aromatic amines is 1. The first-order valence-corrected chi connectivity index (χ1v) is 7.44. The first kappa shape index (κ1) is 19.5. The highest BCUT2D eigenvalue weighted by Crippen LogP contribution is 2.31. The molecule has 2 aromatic heterocycles. The van der Waals surface area contributed by atoms with Crippen LogP contribution in [0.25, 0.3) is 0 Å². The van der Waals surface area contributed by atoms with Crippen molar-refractivity contribution in [3.63, 3.8) is 0 Å². The van der Waals surface area contributed by atoms with E-state index >= 15 is 0 Å². The minimum atomic E-state index is -4.92. The number of rotatable bonds is 5. The highest BCUT2D eigenvalue weighted by Gasteiger charge is 2.37. The first-order chi connectivity index (χ1) is 12.0. The van der Waals surface area contributed by atoms with Crippen LogP contribution in [0, 0.1) is 0 Å². The van der Waals surface area contributed by atoms with Crippen LogP contribution < -0.4 is 16.4 Å². The van der Waals surface area contributed by atoms with Crippen LogP contribution >= 0.6 is 11.6 Å². The molecule has 0 radical (unpaired) electrons. The van der Waals surface area contributed by atoms with E-state index in [1.807, 2.05) is 0 Å². The molecule has 3 N–H and O–H groups in total. The number of carboxylic acid groups (broad SMARTS) is 1. The minimum absolute atomic E-state index is 0.247. The van der Waals surface area contributed by atoms with Gasteiger partial charge < -0.3 is 10.4 Å². The van der Waals surface area contributed by atoms with Gasteiger partial charge in [-0.05, 0) is 13.0 Å². The van der Waals surface area contributed by atoms with Crippen molar-refractivity contribution in [3.8, 4) is 0 Å². The maximum atomic E-state index is 13.0. The number of carbonyl (C=O) groups is 1. The van der Waals surface area contributed by atoms with Crippen molar-refractivity contribution in [3.05, 3.63) is 55.3 Å². The number of hydrogen-bond acceptors (Lipinski definition) is 5. The van der Waals surface area contributed by atoms with Crippen LogP contribution in [0.15, 0.2) is 27.9 Å². The molecule has 12 heteroatoms. The van der Waals surface area contributed by atoms with E-state index in [4.69, 9.17) is 16.7 Å². The van der Waals surface area contributed by atoms with Gasteiger partial charge in [0, 0.05) is 18.7 Å². The Morgan fingerprint density at radius 1 is 1.42 bits per heavy atom. The lowest BCUT2D eigenvalue weighted by Gasteiger charge is -2.20. The summed E-state index contributed by atoms with van der Waals surface area (Å²) in [6.45, 7) is 1.18. The number of nitrogens with zero attached hydrogens (tertiary/aromatic N) is 2. The van der Waals surface area contributed by atoms with E-state index in [9.17, 15) is 27.6 Å². The Bertz CT molecular complexity index is 954. The number of H-pyrrole nitrogens is 1. The molecule has 0 amide bonds. The molecule has 26 heavy (non-hydrogen) atoms. The normalized spacial score (nSPS) is 12.7. The molecule has 0 aliphatic heterocycles. The summed E-state index contributed by atoms with van der Waals surface area (Å²) in [7, 11) is 0. The maximum absolute atomic E-state index is 13.0. The second kappa shape index (κ2) is 7.20. The van der Waals surface area contributed by atoms with Crippen LogP contribution in [0.3, 0.4) is 0 Å². The van der Waals surface area contributed by atoms with Gasteiger partial charge in [0.05, 0.1) is 17.4 Å². The molecule has 0 aliphatic rings. The Morgan fingerprint density at radius 3 is 2.65 bits per heavy atom. The Hall–Kier alpha value is -2.82. The molecule has 0 unspecified atom stereocenters. The summed E-state index contributed by atoms with van der Waals surface area (Å²) in [5.41, 5.74) is -4.41. The molecule has 0 bridgehead atoms. The van der Waals surface area contributed by atoms with E-state index < -0.39 is 40.6 Å². The fourth-order valence-electron chi connectivity index (χ4n) is 2.26. The van der Waals surface area contributed by atoms with Gasteiger partial charge >= 0.3 is 12.1 Å². The summed E-state index contributed by atoms with van der Waals surface area (Å²) in [5.74, 6) is -1.36. The Balaban J connectivity index is 2.35. The molecular formula is C14H12ClF3N4O4. The van der Waals surface area contributed by atoms with Gasteiger partial charge in [-0.25, -0.2) is 9.89 Å². The van der Waals surface area contributed by atoms with Gasteiger partial charge in [-0.2, -0.15) is 18.3 Å². The van der Waals surface area contributed by atoms with Gasteiger partial charge in [0.25, 0.3) is 11.1 Å². The van der Waals surface area contributed by atoms with Gasteiger partial charge in [0.15, 0.2) is 0 Å². The number of aromatic carboxylic acids is 1.